The van der Waals surface area contributed by atoms with Gasteiger partial charge in [0.15, 0.2) is 0 Å². The Morgan fingerprint density at radius 1 is 1.44 bits per heavy atom. The van der Waals surface area contributed by atoms with E-state index in [0.717, 1.165) is 4.90 Å². The molecule has 1 aliphatic rings. The first-order chi connectivity index (χ1) is 7.34. The molecular weight excluding hydrogens is 212 g/mol. The predicted octanol–water partition coefficient (Wildman–Crippen LogP) is -0.984. The molecule has 1 heterocycles. The molecule has 0 aromatic heterocycles. The van der Waals surface area contributed by atoms with Gasteiger partial charge in [-0.2, -0.15) is 0 Å². The second-order valence-electron chi connectivity index (χ2n) is 4.50. The van der Waals surface area contributed by atoms with Gasteiger partial charge < -0.3 is 20.8 Å². The molecule has 6 heteroatoms. The molecule has 1 aliphatic heterocycles. The van der Waals surface area contributed by atoms with E-state index < -0.39 is 30.1 Å². The highest BCUT2D eigenvalue weighted by molar-refractivity contribution is 5.87. The molecule has 6 nitrogen and oxygen atoms in total. The topological polar surface area (TPSA) is 104 Å². The van der Waals surface area contributed by atoms with E-state index in [-0.39, 0.29) is 18.9 Å². The molecule has 0 aromatic rings. The van der Waals surface area contributed by atoms with Gasteiger partial charge in [-0.3, -0.25) is 4.79 Å². The van der Waals surface area contributed by atoms with Crippen molar-refractivity contribution in [3.63, 3.8) is 0 Å². The first kappa shape index (κ1) is 12.9. The third-order valence-electron chi connectivity index (χ3n) is 2.85. The molecule has 1 fully saturated rings. The zero-order valence-electron chi connectivity index (χ0n) is 9.46. The number of β-amino-alcohol motifs (C(OH)–C–C–N with tert-alkyl or cyclic N) is 1. The maximum atomic E-state index is 11.9. The average molecular weight is 230 g/mol. The van der Waals surface area contributed by atoms with Gasteiger partial charge in [0, 0.05) is 13.0 Å². The maximum absolute atomic E-state index is 11.9. The van der Waals surface area contributed by atoms with E-state index in [1.807, 2.05) is 0 Å². The third kappa shape index (κ3) is 2.51. The molecule has 0 spiro atoms. The Labute approximate surface area is 94.0 Å². The summed E-state index contributed by atoms with van der Waals surface area (Å²) in [6.07, 6.45) is -0.698. The number of aliphatic hydroxyl groups excluding tert-OH is 1. The number of amides is 1. The second-order valence-corrected chi connectivity index (χ2v) is 4.50. The Kier molecular flexibility index (Phi) is 3.88. The number of hydrogen-bond acceptors (Lipinski definition) is 4. The van der Waals surface area contributed by atoms with Gasteiger partial charge in [-0.1, -0.05) is 13.8 Å². The highest BCUT2D eigenvalue weighted by Crippen LogP contribution is 2.20. The Morgan fingerprint density at radius 3 is 2.44 bits per heavy atom. The SMILES string of the molecule is CC(C)[C@H](N)C(=O)N1C[C@@H](O)C[C@H]1C(=O)O. The van der Waals surface area contributed by atoms with Crippen molar-refractivity contribution >= 4 is 11.9 Å². The summed E-state index contributed by atoms with van der Waals surface area (Å²) in [7, 11) is 0. The number of rotatable bonds is 3. The number of likely N-dealkylation sites (tertiary alicyclic amines) is 1. The van der Waals surface area contributed by atoms with E-state index in [0.29, 0.717) is 0 Å². The molecule has 0 aliphatic carbocycles. The molecule has 0 radical (unpaired) electrons. The number of hydrogen-bond donors (Lipinski definition) is 3. The van der Waals surface area contributed by atoms with E-state index in [4.69, 9.17) is 10.8 Å². The number of aliphatic carboxylic acids is 1. The monoisotopic (exact) mass is 230 g/mol. The number of nitrogens with zero attached hydrogens (tertiary/aromatic N) is 1. The highest BCUT2D eigenvalue weighted by Gasteiger charge is 2.40. The van der Waals surface area contributed by atoms with Crippen LogP contribution in [0.15, 0.2) is 0 Å². The third-order valence-corrected chi connectivity index (χ3v) is 2.85. The van der Waals surface area contributed by atoms with E-state index in [9.17, 15) is 14.7 Å². The summed E-state index contributed by atoms with van der Waals surface area (Å²) in [5.41, 5.74) is 5.68. The first-order valence-corrected chi connectivity index (χ1v) is 5.31. The molecule has 1 amide bonds. The van der Waals surface area contributed by atoms with Crippen molar-refractivity contribution in [3.8, 4) is 0 Å². The van der Waals surface area contributed by atoms with Gasteiger partial charge in [0.25, 0.3) is 0 Å². The van der Waals surface area contributed by atoms with Crippen molar-refractivity contribution in [3.05, 3.63) is 0 Å². The lowest BCUT2D eigenvalue weighted by molar-refractivity contribution is -0.149. The van der Waals surface area contributed by atoms with Crippen LogP contribution in [0.4, 0.5) is 0 Å². The van der Waals surface area contributed by atoms with Crippen LogP contribution in [0, 0.1) is 5.92 Å². The average Bonchev–Trinajstić information content (AvgIpc) is 2.58. The minimum absolute atomic E-state index is 0.0518. The van der Waals surface area contributed by atoms with Gasteiger partial charge in [-0.25, -0.2) is 4.79 Å². The standard InChI is InChI=1S/C10H18N2O4/c1-5(2)8(11)9(14)12-4-6(13)3-7(12)10(15)16/h5-8,13H,3-4,11H2,1-2H3,(H,15,16)/t6-,7-,8-/m0/s1. The summed E-state index contributed by atoms with van der Waals surface area (Å²) in [4.78, 5) is 23.9. The molecule has 4 N–H and O–H groups in total. The molecular formula is C10H18N2O4. The summed E-state index contributed by atoms with van der Waals surface area (Å²) in [6.45, 7) is 3.64. The van der Waals surface area contributed by atoms with E-state index in [1.165, 1.54) is 0 Å². The van der Waals surface area contributed by atoms with Gasteiger partial charge in [0.05, 0.1) is 12.1 Å². The maximum Gasteiger partial charge on any atom is 0.326 e. The Bertz CT molecular complexity index is 293. The van der Waals surface area contributed by atoms with Crippen molar-refractivity contribution < 1.29 is 19.8 Å². The van der Waals surface area contributed by atoms with Crippen LogP contribution in [-0.4, -0.2) is 51.7 Å². The predicted molar refractivity (Wildman–Crippen MR) is 56.6 cm³/mol. The molecule has 0 bridgehead atoms. The van der Waals surface area contributed by atoms with Crippen LogP contribution in [0.1, 0.15) is 20.3 Å². The van der Waals surface area contributed by atoms with Crippen molar-refractivity contribution in [1.29, 1.82) is 0 Å². The van der Waals surface area contributed by atoms with Crippen LogP contribution in [0.2, 0.25) is 0 Å². The van der Waals surface area contributed by atoms with Crippen molar-refractivity contribution in [2.75, 3.05) is 6.54 Å². The second kappa shape index (κ2) is 4.80. The van der Waals surface area contributed by atoms with Crippen molar-refractivity contribution in [1.82, 2.24) is 4.90 Å². The lowest BCUT2D eigenvalue weighted by atomic mass is 10.0. The number of carbonyl (C=O) groups excluding carboxylic acids is 1. The molecule has 0 saturated carbocycles. The molecule has 3 atom stereocenters. The van der Waals surface area contributed by atoms with Crippen LogP contribution in [-0.2, 0) is 9.59 Å². The van der Waals surface area contributed by atoms with Crippen LogP contribution >= 0.6 is 0 Å². The quantitative estimate of drug-likeness (QED) is 0.578. The van der Waals surface area contributed by atoms with Gasteiger partial charge in [-0.05, 0) is 5.92 Å². The molecule has 0 aromatic carbocycles. The first-order valence-electron chi connectivity index (χ1n) is 5.31. The Balaban J connectivity index is 2.78. The number of nitrogens with two attached hydrogens (primary N) is 1. The Morgan fingerprint density at radius 2 is 2.00 bits per heavy atom. The fourth-order valence-corrected chi connectivity index (χ4v) is 1.77. The van der Waals surface area contributed by atoms with Gasteiger partial charge >= 0.3 is 5.97 Å². The van der Waals surface area contributed by atoms with E-state index >= 15 is 0 Å². The molecule has 1 saturated heterocycles. The minimum atomic E-state index is -1.10. The van der Waals surface area contributed by atoms with E-state index in [2.05, 4.69) is 0 Å². The zero-order chi connectivity index (χ0) is 12.5. The molecule has 0 unspecified atom stereocenters. The fourth-order valence-electron chi connectivity index (χ4n) is 1.77. The Hall–Kier alpha value is -1.14. The summed E-state index contributed by atoms with van der Waals surface area (Å²) in [5, 5.41) is 18.3. The largest absolute Gasteiger partial charge is 0.480 e. The number of aliphatic hydroxyl groups is 1. The van der Waals surface area contributed by atoms with Crippen LogP contribution in [0.25, 0.3) is 0 Å². The molecule has 16 heavy (non-hydrogen) atoms. The number of carboxylic acid groups (broad SMARTS) is 1. The minimum Gasteiger partial charge on any atom is -0.480 e. The zero-order valence-corrected chi connectivity index (χ0v) is 9.46. The van der Waals surface area contributed by atoms with Crippen LogP contribution in [0.3, 0.4) is 0 Å². The number of carbonyl (C=O) groups is 2. The summed E-state index contributed by atoms with van der Waals surface area (Å²) >= 11 is 0. The van der Waals surface area contributed by atoms with Crippen molar-refractivity contribution in [2.45, 2.75) is 38.5 Å². The van der Waals surface area contributed by atoms with Gasteiger partial charge in [-0.15, -0.1) is 0 Å². The highest BCUT2D eigenvalue weighted by atomic mass is 16.4. The summed E-state index contributed by atoms with van der Waals surface area (Å²) in [6, 6.07) is -1.67. The van der Waals surface area contributed by atoms with Gasteiger partial charge in [0.2, 0.25) is 5.91 Å². The lowest BCUT2D eigenvalue weighted by Gasteiger charge is -2.26. The lowest BCUT2D eigenvalue weighted by Crippen LogP contribution is -2.50. The van der Waals surface area contributed by atoms with Crippen molar-refractivity contribution in [2.24, 2.45) is 11.7 Å². The molecule has 92 valence electrons. The normalized spacial score (nSPS) is 27.2. The summed E-state index contributed by atoms with van der Waals surface area (Å²) < 4.78 is 0. The fraction of sp³-hybridized carbons (Fsp3) is 0.800. The summed E-state index contributed by atoms with van der Waals surface area (Å²) in [5.74, 6) is -1.56. The smallest absolute Gasteiger partial charge is 0.326 e. The van der Waals surface area contributed by atoms with Gasteiger partial charge in [0.1, 0.15) is 6.04 Å². The van der Waals surface area contributed by atoms with Crippen LogP contribution in [0.5, 0.6) is 0 Å². The van der Waals surface area contributed by atoms with E-state index in [1.54, 1.807) is 13.8 Å². The van der Waals surface area contributed by atoms with Crippen LogP contribution < -0.4 is 5.73 Å². The number of carboxylic acids is 1. The molecule has 1 rings (SSSR count).